The van der Waals surface area contributed by atoms with Crippen LogP contribution in [0.2, 0.25) is 0 Å². The maximum absolute atomic E-state index is 12.5. The molecule has 27 heavy (non-hydrogen) atoms. The Hall–Kier alpha value is -3.60. The summed E-state index contributed by atoms with van der Waals surface area (Å²) in [6, 6.07) is 4.68. The molecule has 11 heteroatoms. The summed E-state index contributed by atoms with van der Waals surface area (Å²) in [4.78, 5) is 35.4. The van der Waals surface area contributed by atoms with E-state index in [1.165, 1.54) is 24.0 Å². The number of aromatic nitrogens is 4. The highest BCUT2D eigenvalue weighted by Crippen LogP contribution is 2.27. The van der Waals surface area contributed by atoms with Crippen molar-refractivity contribution in [3.63, 3.8) is 0 Å². The van der Waals surface area contributed by atoms with Gasteiger partial charge in [-0.2, -0.15) is 0 Å². The molecule has 0 unspecified atom stereocenters. The Balaban J connectivity index is 2.17. The molecule has 0 saturated heterocycles. The van der Waals surface area contributed by atoms with Crippen molar-refractivity contribution in [2.75, 3.05) is 38.0 Å². The van der Waals surface area contributed by atoms with Gasteiger partial charge in [0.2, 0.25) is 0 Å². The SMILES string of the molecule is COCCOc1cc(N(C)C(=O)O)cc(-n2c(=O)[nH]c3c(N)ncnc32)c1. The number of rotatable bonds is 6. The first-order chi connectivity index (χ1) is 12.9. The molecule has 2 aromatic heterocycles. The van der Waals surface area contributed by atoms with Crippen molar-refractivity contribution < 1.29 is 19.4 Å². The predicted molar refractivity (Wildman–Crippen MR) is 97.7 cm³/mol. The molecular formula is C16H18N6O5. The van der Waals surface area contributed by atoms with Gasteiger partial charge in [-0.3, -0.25) is 4.90 Å². The fourth-order valence-corrected chi connectivity index (χ4v) is 2.50. The number of hydrogen-bond acceptors (Lipinski definition) is 7. The lowest BCUT2D eigenvalue weighted by Crippen LogP contribution is -2.24. The fraction of sp³-hybridized carbons (Fsp3) is 0.250. The van der Waals surface area contributed by atoms with Crippen molar-refractivity contribution in [1.29, 1.82) is 0 Å². The number of nitrogens with two attached hydrogens (primary N) is 1. The standard InChI is InChI=1S/C16H18N6O5/c1-21(16(24)25)9-5-10(7-11(6-9)27-4-3-26-2)22-14-12(20-15(22)23)13(17)18-8-19-14/h5-8H,3-4H2,1-2H3,(H,20,23)(H,24,25)(H2,17,18,19). The van der Waals surface area contributed by atoms with Crippen molar-refractivity contribution in [1.82, 2.24) is 19.5 Å². The van der Waals surface area contributed by atoms with Gasteiger partial charge < -0.3 is 25.3 Å². The van der Waals surface area contributed by atoms with Crippen LogP contribution in [0.3, 0.4) is 0 Å². The molecule has 0 aliphatic carbocycles. The van der Waals surface area contributed by atoms with Crippen LogP contribution in [0.15, 0.2) is 29.3 Å². The first-order valence-electron chi connectivity index (χ1n) is 7.87. The summed E-state index contributed by atoms with van der Waals surface area (Å²) in [5.74, 6) is 0.502. The third-order valence-electron chi connectivity index (χ3n) is 3.87. The lowest BCUT2D eigenvalue weighted by atomic mass is 10.2. The maximum atomic E-state index is 12.5. The molecule has 1 amide bonds. The van der Waals surface area contributed by atoms with Gasteiger partial charge in [0.15, 0.2) is 11.5 Å². The number of methoxy groups -OCH3 is 1. The number of H-pyrrole nitrogens is 1. The van der Waals surface area contributed by atoms with E-state index in [0.717, 1.165) is 4.90 Å². The number of benzene rings is 1. The van der Waals surface area contributed by atoms with Crippen LogP contribution in [0, 0.1) is 0 Å². The predicted octanol–water partition coefficient (Wildman–Crippen LogP) is 0.830. The average molecular weight is 374 g/mol. The molecule has 4 N–H and O–H groups in total. The van der Waals surface area contributed by atoms with E-state index in [-0.39, 0.29) is 18.1 Å². The number of amides is 1. The van der Waals surface area contributed by atoms with Gasteiger partial charge in [-0.1, -0.05) is 0 Å². The van der Waals surface area contributed by atoms with E-state index in [1.807, 2.05) is 0 Å². The minimum atomic E-state index is -1.16. The molecule has 11 nitrogen and oxygen atoms in total. The van der Waals surface area contributed by atoms with Crippen LogP contribution in [-0.2, 0) is 4.74 Å². The number of anilines is 2. The van der Waals surface area contributed by atoms with E-state index in [2.05, 4.69) is 15.0 Å². The summed E-state index contributed by atoms with van der Waals surface area (Å²) in [6.07, 6.45) is 0.0813. The van der Waals surface area contributed by atoms with E-state index >= 15 is 0 Å². The van der Waals surface area contributed by atoms with Gasteiger partial charge >= 0.3 is 11.8 Å². The molecule has 0 spiro atoms. The quantitative estimate of drug-likeness (QED) is 0.537. The Morgan fingerprint density at radius 3 is 2.81 bits per heavy atom. The highest BCUT2D eigenvalue weighted by atomic mass is 16.5. The zero-order valence-electron chi connectivity index (χ0n) is 14.7. The van der Waals surface area contributed by atoms with Crippen molar-refractivity contribution in [3.05, 3.63) is 35.0 Å². The van der Waals surface area contributed by atoms with Gasteiger partial charge in [0, 0.05) is 26.3 Å². The zero-order valence-corrected chi connectivity index (χ0v) is 14.7. The highest BCUT2D eigenvalue weighted by molar-refractivity contribution is 5.87. The average Bonchev–Trinajstić information content (AvgIpc) is 2.98. The fourth-order valence-electron chi connectivity index (χ4n) is 2.50. The second-order valence-electron chi connectivity index (χ2n) is 5.59. The number of nitrogens with zero attached hydrogens (tertiary/aromatic N) is 4. The van der Waals surface area contributed by atoms with Gasteiger partial charge in [0.25, 0.3) is 0 Å². The lowest BCUT2D eigenvalue weighted by molar-refractivity contribution is 0.146. The summed E-state index contributed by atoms with van der Waals surface area (Å²) in [7, 11) is 2.93. The molecule has 0 fully saturated rings. The summed E-state index contributed by atoms with van der Waals surface area (Å²) < 4.78 is 11.8. The topological polar surface area (TPSA) is 149 Å². The van der Waals surface area contributed by atoms with Crippen molar-refractivity contribution in [3.8, 4) is 11.4 Å². The number of imidazole rings is 1. The summed E-state index contributed by atoms with van der Waals surface area (Å²) in [6.45, 7) is 0.610. The Morgan fingerprint density at radius 2 is 2.11 bits per heavy atom. The second-order valence-corrected chi connectivity index (χ2v) is 5.59. The van der Waals surface area contributed by atoms with E-state index in [9.17, 15) is 14.7 Å². The van der Waals surface area contributed by atoms with Gasteiger partial charge in [0.1, 0.15) is 24.2 Å². The third-order valence-corrected chi connectivity index (χ3v) is 3.87. The van der Waals surface area contributed by atoms with Crippen LogP contribution >= 0.6 is 0 Å². The van der Waals surface area contributed by atoms with Crippen molar-refractivity contribution in [2.24, 2.45) is 0 Å². The monoisotopic (exact) mass is 374 g/mol. The van der Waals surface area contributed by atoms with Crippen LogP contribution in [0.25, 0.3) is 16.9 Å². The maximum Gasteiger partial charge on any atom is 0.411 e. The molecule has 1 aromatic carbocycles. The molecule has 0 radical (unpaired) electrons. The molecular weight excluding hydrogens is 356 g/mol. The van der Waals surface area contributed by atoms with Gasteiger partial charge in [-0.15, -0.1) is 0 Å². The number of nitrogens with one attached hydrogen (secondary N) is 1. The zero-order chi connectivity index (χ0) is 19.6. The van der Waals surface area contributed by atoms with Crippen LogP contribution in [0.5, 0.6) is 5.75 Å². The molecule has 0 saturated carbocycles. The number of aromatic amines is 1. The molecule has 0 aliphatic rings. The van der Waals surface area contributed by atoms with Gasteiger partial charge in [0.05, 0.1) is 18.0 Å². The number of fused-ring (bicyclic) bond motifs is 1. The summed E-state index contributed by atoms with van der Waals surface area (Å²) >= 11 is 0. The van der Waals surface area contributed by atoms with E-state index in [1.54, 1.807) is 19.2 Å². The van der Waals surface area contributed by atoms with Crippen LogP contribution in [0.4, 0.5) is 16.3 Å². The van der Waals surface area contributed by atoms with E-state index < -0.39 is 11.8 Å². The first-order valence-corrected chi connectivity index (χ1v) is 7.87. The normalized spacial score (nSPS) is 10.9. The lowest BCUT2D eigenvalue weighted by Gasteiger charge is -2.17. The van der Waals surface area contributed by atoms with Crippen LogP contribution < -0.4 is 21.1 Å². The summed E-state index contributed by atoms with van der Waals surface area (Å²) in [5.41, 5.74) is 6.54. The van der Waals surface area contributed by atoms with Crippen molar-refractivity contribution in [2.45, 2.75) is 0 Å². The summed E-state index contributed by atoms with van der Waals surface area (Å²) in [5, 5.41) is 9.28. The molecule has 3 rings (SSSR count). The number of carboxylic acid groups (broad SMARTS) is 1. The van der Waals surface area contributed by atoms with Gasteiger partial charge in [-0.25, -0.2) is 24.1 Å². The molecule has 0 atom stereocenters. The third kappa shape index (κ3) is 3.53. The molecule has 0 aliphatic heterocycles. The Kier molecular flexibility index (Phi) is 4.94. The molecule has 142 valence electrons. The minimum Gasteiger partial charge on any atom is -0.491 e. The van der Waals surface area contributed by atoms with Crippen LogP contribution in [0.1, 0.15) is 0 Å². The Morgan fingerprint density at radius 1 is 1.33 bits per heavy atom. The largest absolute Gasteiger partial charge is 0.491 e. The highest BCUT2D eigenvalue weighted by Gasteiger charge is 2.17. The Bertz CT molecular complexity index is 1040. The number of nitrogen functional groups attached to an aromatic ring is 1. The van der Waals surface area contributed by atoms with Gasteiger partial charge in [-0.05, 0) is 6.07 Å². The second kappa shape index (κ2) is 7.33. The molecule has 2 heterocycles. The smallest absolute Gasteiger partial charge is 0.411 e. The number of ether oxygens (including phenoxy) is 2. The van der Waals surface area contributed by atoms with Crippen LogP contribution in [-0.4, -0.2) is 58.1 Å². The minimum absolute atomic E-state index is 0.131. The first kappa shape index (κ1) is 18.2. The van der Waals surface area contributed by atoms with Crippen molar-refractivity contribution >= 4 is 28.8 Å². The molecule has 0 bridgehead atoms. The molecule has 3 aromatic rings. The number of carbonyl (C=O) groups is 1. The Labute approximate surface area is 153 Å². The number of hydrogen-bond donors (Lipinski definition) is 3. The van der Waals surface area contributed by atoms with E-state index in [4.69, 9.17) is 15.2 Å². The van der Waals surface area contributed by atoms with E-state index in [0.29, 0.717) is 29.2 Å².